The lowest BCUT2D eigenvalue weighted by atomic mass is 10.3. The van der Waals surface area contributed by atoms with Crippen LogP contribution < -0.4 is 10.6 Å². The molecule has 0 aliphatic rings. The molecule has 0 atom stereocenters. The van der Waals surface area contributed by atoms with Crippen LogP contribution in [0.15, 0.2) is 18.2 Å². The van der Waals surface area contributed by atoms with E-state index in [-0.39, 0.29) is 5.69 Å². The molecule has 0 bridgehead atoms. The van der Waals surface area contributed by atoms with Gasteiger partial charge in [0.2, 0.25) is 0 Å². The summed E-state index contributed by atoms with van der Waals surface area (Å²) in [7, 11) is 0. The van der Waals surface area contributed by atoms with Gasteiger partial charge in [-0.05, 0) is 30.8 Å². The van der Waals surface area contributed by atoms with Crippen molar-refractivity contribution in [3.05, 3.63) is 29.0 Å². The molecule has 2 N–H and O–H groups in total. The van der Waals surface area contributed by atoms with Crippen LogP contribution >= 0.6 is 23.8 Å². The number of halogens is 2. The van der Waals surface area contributed by atoms with Crippen LogP contribution in [0.5, 0.6) is 0 Å². The Morgan fingerprint density at radius 3 is 2.87 bits per heavy atom. The average Bonchev–Trinajstić information content (AvgIpc) is 2.21. The van der Waals surface area contributed by atoms with E-state index in [0.717, 1.165) is 13.0 Å². The lowest BCUT2D eigenvalue weighted by molar-refractivity contribution is 0.632. The quantitative estimate of drug-likeness (QED) is 0.801. The fourth-order valence-corrected chi connectivity index (χ4v) is 1.43. The molecule has 0 fully saturated rings. The van der Waals surface area contributed by atoms with Crippen LogP contribution in [0.1, 0.15) is 13.3 Å². The molecule has 5 heteroatoms. The zero-order chi connectivity index (χ0) is 11.3. The van der Waals surface area contributed by atoms with E-state index in [0.29, 0.717) is 10.1 Å². The van der Waals surface area contributed by atoms with Gasteiger partial charge < -0.3 is 10.6 Å². The van der Waals surface area contributed by atoms with Gasteiger partial charge in [-0.25, -0.2) is 4.39 Å². The molecule has 2 nitrogen and oxygen atoms in total. The number of anilines is 1. The van der Waals surface area contributed by atoms with Crippen molar-refractivity contribution in [2.75, 3.05) is 11.9 Å². The minimum absolute atomic E-state index is 0.216. The summed E-state index contributed by atoms with van der Waals surface area (Å²) in [6.45, 7) is 2.77. The Morgan fingerprint density at radius 1 is 1.53 bits per heavy atom. The van der Waals surface area contributed by atoms with Crippen molar-refractivity contribution in [3.8, 4) is 0 Å². The summed E-state index contributed by atoms with van der Waals surface area (Å²) < 4.78 is 13.3. The molecule has 1 aromatic carbocycles. The number of nitrogens with one attached hydrogen (secondary N) is 2. The molecule has 82 valence electrons. The average molecular weight is 247 g/mol. The predicted molar refractivity (Wildman–Crippen MR) is 65.9 cm³/mol. The Labute approximate surface area is 98.8 Å². The number of para-hydroxylation sites is 1. The first-order valence-electron chi connectivity index (χ1n) is 4.64. The topological polar surface area (TPSA) is 24.1 Å². The van der Waals surface area contributed by atoms with Crippen molar-refractivity contribution in [1.29, 1.82) is 0 Å². The van der Waals surface area contributed by atoms with Gasteiger partial charge in [-0.1, -0.05) is 24.6 Å². The smallest absolute Gasteiger partial charge is 0.170 e. The summed E-state index contributed by atoms with van der Waals surface area (Å²) in [5.41, 5.74) is 0.216. The first-order valence-corrected chi connectivity index (χ1v) is 5.42. The summed E-state index contributed by atoms with van der Waals surface area (Å²) in [4.78, 5) is 0. The maximum Gasteiger partial charge on any atom is 0.170 e. The monoisotopic (exact) mass is 246 g/mol. The van der Waals surface area contributed by atoms with Gasteiger partial charge in [-0.2, -0.15) is 0 Å². The highest BCUT2D eigenvalue weighted by Gasteiger charge is 2.07. The van der Waals surface area contributed by atoms with E-state index < -0.39 is 5.82 Å². The Morgan fingerprint density at radius 2 is 2.27 bits per heavy atom. The standard InChI is InChI=1S/C10H12ClFN2S/c1-2-6-13-10(15)14-9-7(11)4-3-5-8(9)12/h3-5H,2,6H2,1H3,(H2,13,14,15). The highest BCUT2D eigenvalue weighted by atomic mass is 35.5. The van der Waals surface area contributed by atoms with E-state index in [1.54, 1.807) is 12.1 Å². The Balaban J connectivity index is 2.68. The molecular weight excluding hydrogens is 235 g/mol. The highest BCUT2D eigenvalue weighted by molar-refractivity contribution is 7.80. The maximum atomic E-state index is 13.3. The molecule has 0 amide bonds. The number of benzene rings is 1. The SMILES string of the molecule is CCCNC(=S)Nc1c(F)cccc1Cl. The molecule has 0 heterocycles. The molecule has 0 aromatic heterocycles. The van der Waals surface area contributed by atoms with Gasteiger partial charge in [0.25, 0.3) is 0 Å². The van der Waals surface area contributed by atoms with Crippen molar-refractivity contribution in [3.63, 3.8) is 0 Å². The third-order valence-electron chi connectivity index (χ3n) is 1.74. The number of thiocarbonyl (C=S) groups is 1. The van der Waals surface area contributed by atoms with Gasteiger partial charge in [0.05, 0.1) is 10.7 Å². The summed E-state index contributed by atoms with van der Waals surface area (Å²) in [5.74, 6) is -0.414. The lowest BCUT2D eigenvalue weighted by Crippen LogP contribution is -2.29. The van der Waals surface area contributed by atoms with Crippen molar-refractivity contribution in [2.24, 2.45) is 0 Å². The zero-order valence-corrected chi connectivity index (χ0v) is 9.88. The molecular formula is C10H12ClFN2S. The van der Waals surface area contributed by atoms with Gasteiger partial charge in [-0.3, -0.25) is 0 Å². The van der Waals surface area contributed by atoms with E-state index >= 15 is 0 Å². The summed E-state index contributed by atoms with van der Waals surface area (Å²) in [5, 5.41) is 6.35. The van der Waals surface area contributed by atoms with Crippen molar-refractivity contribution in [1.82, 2.24) is 5.32 Å². The predicted octanol–water partition coefficient (Wildman–Crippen LogP) is 3.18. The van der Waals surface area contributed by atoms with Crippen LogP contribution in [-0.4, -0.2) is 11.7 Å². The van der Waals surface area contributed by atoms with E-state index in [1.165, 1.54) is 6.07 Å². The summed E-state index contributed by atoms with van der Waals surface area (Å²) in [6.07, 6.45) is 0.951. The van der Waals surface area contributed by atoms with E-state index in [9.17, 15) is 4.39 Å². The van der Waals surface area contributed by atoms with Crippen LogP contribution in [-0.2, 0) is 0 Å². The number of rotatable bonds is 3. The Kier molecular flexibility index (Phi) is 4.78. The Hall–Kier alpha value is -0.870. The maximum absolute atomic E-state index is 13.3. The fraction of sp³-hybridized carbons (Fsp3) is 0.300. The highest BCUT2D eigenvalue weighted by Crippen LogP contribution is 2.24. The number of hydrogen-bond acceptors (Lipinski definition) is 1. The van der Waals surface area contributed by atoms with Gasteiger partial charge in [0.15, 0.2) is 5.11 Å². The zero-order valence-electron chi connectivity index (χ0n) is 8.31. The molecule has 0 aliphatic heterocycles. The van der Waals surface area contributed by atoms with Gasteiger partial charge in [0.1, 0.15) is 5.82 Å². The molecule has 0 saturated heterocycles. The summed E-state index contributed by atoms with van der Waals surface area (Å²) >= 11 is 10.8. The fourth-order valence-electron chi connectivity index (χ4n) is 1.01. The van der Waals surface area contributed by atoms with Gasteiger partial charge >= 0.3 is 0 Å². The van der Waals surface area contributed by atoms with Crippen LogP contribution in [0, 0.1) is 5.82 Å². The molecule has 1 aromatic rings. The van der Waals surface area contributed by atoms with Gasteiger partial charge in [-0.15, -0.1) is 0 Å². The second-order valence-electron chi connectivity index (χ2n) is 2.98. The molecule has 0 aliphatic carbocycles. The van der Waals surface area contributed by atoms with E-state index in [4.69, 9.17) is 23.8 Å². The van der Waals surface area contributed by atoms with Crippen molar-refractivity contribution >= 4 is 34.6 Å². The van der Waals surface area contributed by atoms with Crippen LogP contribution in [0.25, 0.3) is 0 Å². The first kappa shape index (κ1) is 12.2. The van der Waals surface area contributed by atoms with Crippen molar-refractivity contribution in [2.45, 2.75) is 13.3 Å². The van der Waals surface area contributed by atoms with Crippen molar-refractivity contribution < 1.29 is 4.39 Å². The molecule has 15 heavy (non-hydrogen) atoms. The Bertz CT molecular complexity index is 337. The van der Waals surface area contributed by atoms with Crippen LogP contribution in [0.4, 0.5) is 10.1 Å². The molecule has 1 rings (SSSR count). The molecule has 0 radical (unpaired) electrons. The lowest BCUT2D eigenvalue weighted by Gasteiger charge is -2.11. The van der Waals surface area contributed by atoms with Gasteiger partial charge in [0, 0.05) is 6.54 Å². The molecule has 0 spiro atoms. The van der Waals surface area contributed by atoms with Crippen LogP contribution in [0.2, 0.25) is 5.02 Å². The van der Waals surface area contributed by atoms with Crippen LogP contribution in [0.3, 0.4) is 0 Å². The minimum atomic E-state index is -0.414. The largest absolute Gasteiger partial charge is 0.362 e. The normalized spacial score (nSPS) is 9.80. The summed E-state index contributed by atoms with van der Waals surface area (Å²) in [6, 6.07) is 4.48. The molecule has 0 unspecified atom stereocenters. The third-order valence-corrected chi connectivity index (χ3v) is 2.30. The third kappa shape index (κ3) is 3.64. The second-order valence-corrected chi connectivity index (χ2v) is 3.79. The van der Waals surface area contributed by atoms with E-state index in [2.05, 4.69) is 10.6 Å². The minimum Gasteiger partial charge on any atom is -0.362 e. The molecule has 0 saturated carbocycles. The second kappa shape index (κ2) is 5.88. The first-order chi connectivity index (χ1) is 7.15. The number of hydrogen-bond donors (Lipinski definition) is 2. The van der Waals surface area contributed by atoms with E-state index in [1.807, 2.05) is 6.92 Å².